The van der Waals surface area contributed by atoms with Gasteiger partial charge < -0.3 is 9.47 Å². The Morgan fingerprint density at radius 2 is 1.44 bits per heavy atom. The lowest BCUT2D eigenvalue weighted by Crippen LogP contribution is -2.41. The van der Waals surface area contributed by atoms with Crippen molar-refractivity contribution in [3.8, 4) is 5.75 Å². The third kappa shape index (κ3) is 6.28. The van der Waals surface area contributed by atoms with E-state index in [1.807, 2.05) is 0 Å². The molecule has 2 amide bonds. The molecule has 140 valence electrons. The van der Waals surface area contributed by atoms with Crippen LogP contribution < -0.4 is 15.6 Å². The van der Waals surface area contributed by atoms with Crippen molar-refractivity contribution in [2.24, 2.45) is 0 Å². The van der Waals surface area contributed by atoms with Crippen molar-refractivity contribution in [1.29, 1.82) is 0 Å². The first-order valence-corrected chi connectivity index (χ1v) is 7.96. The summed E-state index contributed by atoms with van der Waals surface area (Å²) in [5.74, 6) is -1.63. The van der Waals surface area contributed by atoms with E-state index < -0.39 is 23.8 Å². The van der Waals surface area contributed by atoms with Gasteiger partial charge in [-0.15, -0.1) is 0 Å². The van der Waals surface area contributed by atoms with Crippen molar-refractivity contribution < 1.29 is 28.7 Å². The first kappa shape index (κ1) is 19.6. The highest BCUT2D eigenvalue weighted by Gasteiger charge is 2.10. The molecule has 27 heavy (non-hydrogen) atoms. The summed E-state index contributed by atoms with van der Waals surface area (Å²) >= 11 is 0. The topological polar surface area (TPSA) is 111 Å². The molecule has 0 spiro atoms. The van der Waals surface area contributed by atoms with E-state index >= 15 is 0 Å². The van der Waals surface area contributed by atoms with E-state index in [4.69, 9.17) is 9.47 Å². The SMILES string of the molecule is CC(=O)OCc1cccc(C(=O)NNC(=O)c2ccc(OC(C)=O)cc2)c1. The summed E-state index contributed by atoms with van der Waals surface area (Å²) in [4.78, 5) is 45.9. The predicted octanol–water partition coefficient (Wildman–Crippen LogP) is 1.75. The van der Waals surface area contributed by atoms with E-state index in [9.17, 15) is 19.2 Å². The number of esters is 2. The molecule has 0 saturated heterocycles. The van der Waals surface area contributed by atoms with Gasteiger partial charge in [0.25, 0.3) is 11.8 Å². The van der Waals surface area contributed by atoms with Crippen molar-refractivity contribution in [3.05, 3.63) is 65.2 Å². The second-order valence-electron chi connectivity index (χ2n) is 5.51. The maximum Gasteiger partial charge on any atom is 0.308 e. The van der Waals surface area contributed by atoms with Gasteiger partial charge in [-0.2, -0.15) is 0 Å². The molecule has 0 aliphatic rings. The molecule has 0 aliphatic carbocycles. The molecule has 0 saturated carbocycles. The summed E-state index contributed by atoms with van der Waals surface area (Å²) in [5.41, 5.74) is 5.81. The summed E-state index contributed by atoms with van der Waals surface area (Å²) in [5, 5.41) is 0. The zero-order chi connectivity index (χ0) is 19.8. The Balaban J connectivity index is 1.92. The number of hydrogen-bond acceptors (Lipinski definition) is 6. The molecule has 0 aliphatic heterocycles. The van der Waals surface area contributed by atoms with Crippen LogP contribution in [0.15, 0.2) is 48.5 Å². The Bertz CT molecular complexity index is 861. The number of rotatable bonds is 5. The van der Waals surface area contributed by atoms with Gasteiger partial charge in [0.15, 0.2) is 0 Å². The predicted molar refractivity (Wildman–Crippen MR) is 94.6 cm³/mol. The average molecular weight is 370 g/mol. The van der Waals surface area contributed by atoms with Gasteiger partial charge in [-0.25, -0.2) is 0 Å². The Labute approximate surface area is 155 Å². The minimum Gasteiger partial charge on any atom is -0.461 e. The molecule has 0 bridgehead atoms. The minimum absolute atomic E-state index is 0.0531. The van der Waals surface area contributed by atoms with Crippen molar-refractivity contribution in [3.63, 3.8) is 0 Å². The summed E-state index contributed by atoms with van der Waals surface area (Å²) in [6, 6.07) is 12.3. The number of amides is 2. The van der Waals surface area contributed by atoms with Gasteiger partial charge in [-0.1, -0.05) is 12.1 Å². The van der Waals surface area contributed by atoms with Crippen molar-refractivity contribution >= 4 is 23.8 Å². The normalized spacial score (nSPS) is 9.85. The van der Waals surface area contributed by atoms with E-state index in [0.29, 0.717) is 16.9 Å². The number of ether oxygens (including phenoxy) is 2. The molecule has 8 nitrogen and oxygen atoms in total. The van der Waals surface area contributed by atoms with Gasteiger partial charge in [0.2, 0.25) is 0 Å². The van der Waals surface area contributed by atoms with E-state index in [0.717, 1.165) is 0 Å². The summed E-state index contributed by atoms with van der Waals surface area (Å²) < 4.78 is 9.76. The number of hydrazine groups is 1. The molecule has 2 N–H and O–H groups in total. The summed E-state index contributed by atoms with van der Waals surface area (Å²) in [6.45, 7) is 2.62. The molecular weight excluding hydrogens is 352 g/mol. The quantitative estimate of drug-likeness (QED) is 0.471. The van der Waals surface area contributed by atoms with Gasteiger partial charge in [0, 0.05) is 25.0 Å². The summed E-state index contributed by atoms with van der Waals surface area (Å²) in [6.07, 6.45) is 0. The molecule has 0 atom stereocenters. The number of nitrogens with one attached hydrogen (secondary N) is 2. The average Bonchev–Trinajstić information content (AvgIpc) is 2.64. The van der Waals surface area contributed by atoms with Crippen LogP contribution in [-0.2, 0) is 20.9 Å². The number of carbonyl (C=O) groups excluding carboxylic acids is 4. The molecule has 0 radical (unpaired) electrons. The molecule has 0 heterocycles. The van der Waals surface area contributed by atoms with Crippen molar-refractivity contribution in [2.75, 3.05) is 0 Å². The fourth-order valence-corrected chi connectivity index (χ4v) is 2.09. The van der Waals surface area contributed by atoms with Gasteiger partial charge in [-0.05, 0) is 42.0 Å². The molecular formula is C19H18N2O6. The highest BCUT2D eigenvalue weighted by molar-refractivity contribution is 5.99. The maximum atomic E-state index is 12.2. The van der Waals surface area contributed by atoms with Gasteiger partial charge in [0.05, 0.1) is 0 Å². The minimum atomic E-state index is -0.534. The fourth-order valence-electron chi connectivity index (χ4n) is 2.09. The molecule has 8 heteroatoms. The standard InChI is InChI=1S/C19H18N2O6/c1-12(22)26-11-14-4-3-5-16(10-14)19(25)21-20-18(24)15-6-8-17(9-7-15)27-13(2)23/h3-10H,11H2,1-2H3,(H,20,24)(H,21,25). The molecule has 0 unspecified atom stereocenters. The number of benzene rings is 2. The number of carbonyl (C=O) groups is 4. The largest absolute Gasteiger partial charge is 0.461 e. The molecule has 0 fully saturated rings. The van der Waals surface area contributed by atoms with Gasteiger partial charge >= 0.3 is 11.9 Å². The fraction of sp³-hybridized carbons (Fsp3) is 0.158. The second-order valence-corrected chi connectivity index (χ2v) is 5.51. The van der Waals surface area contributed by atoms with Crippen molar-refractivity contribution in [2.45, 2.75) is 20.5 Å². The molecule has 2 aromatic carbocycles. The van der Waals surface area contributed by atoms with Gasteiger partial charge in [-0.3, -0.25) is 30.0 Å². The van der Waals surface area contributed by atoms with Crippen LogP contribution in [0.4, 0.5) is 0 Å². The molecule has 0 aromatic heterocycles. The second kappa shape index (κ2) is 9.14. The van der Waals surface area contributed by atoms with E-state index in [1.54, 1.807) is 24.3 Å². The van der Waals surface area contributed by atoms with Crippen LogP contribution in [0.5, 0.6) is 5.75 Å². The van der Waals surface area contributed by atoms with E-state index in [1.165, 1.54) is 38.1 Å². The molecule has 2 rings (SSSR count). The third-order valence-corrected chi connectivity index (χ3v) is 3.30. The maximum absolute atomic E-state index is 12.2. The smallest absolute Gasteiger partial charge is 0.308 e. The zero-order valence-corrected chi connectivity index (χ0v) is 14.8. The Morgan fingerprint density at radius 1 is 0.815 bits per heavy atom. The zero-order valence-electron chi connectivity index (χ0n) is 14.8. The van der Waals surface area contributed by atoms with Crippen LogP contribution in [0.3, 0.4) is 0 Å². The lowest BCUT2D eigenvalue weighted by Gasteiger charge is -2.09. The van der Waals surface area contributed by atoms with Crippen LogP contribution in [0.25, 0.3) is 0 Å². The first-order chi connectivity index (χ1) is 12.8. The van der Waals surface area contributed by atoms with E-state index in [2.05, 4.69) is 10.9 Å². The Kier molecular flexibility index (Phi) is 6.65. The van der Waals surface area contributed by atoms with Crippen LogP contribution in [-0.4, -0.2) is 23.8 Å². The summed E-state index contributed by atoms with van der Waals surface area (Å²) in [7, 11) is 0. The first-order valence-electron chi connectivity index (χ1n) is 7.96. The Hall–Kier alpha value is -3.68. The van der Waals surface area contributed by atoms with Crippen LogP contribution in [0, 0.1) is 0 Å². The van der Waals surface area contributed by atoms with Crippen LogP contribution in [0.1, 0.15) is 40.1 Å². The number of hydrogen-bond donors (Lipinski definition) is 2. The van der Waals surface area contributed by atoms with E-state index in [-0.39, 0.29) is 12.2 Å². The monoisotopic (exact) mass is 370 g/mol. The molecule has 2 aromatic rings. The van der Waals surface area contributed by atoms with Crippen molar-refractivity contribution in [1.82, 2.24) is 10.9 Å². The lowest BCUT2D eigenvalue weighted by atomic mass is 10.1. The highest BCUT2D eigenvalue weighted by Crippen LogP contribution is 2.12. The Morgan fingerprint density at radius 3 is 2.04 bits per heavy atom. The van der Waals surface area contributed by atoms with Gasteiger partial charge in [0.1, 0.15) is 12.4 Å². The third-order valence-electron chi connectivity index (χ3n) is 3.30. The van der Waals surface area contributed by atoms with Crippen LogP contribution >= 0.6 is 0 Å². The highest BCUT2D eigenvalue weighted by atomic mass is 16.5. The van der Waals surface area contributed by atoms with Crippen LogP contribution in [0.2, 0.25) is 0 Å². The lowest BCUT2D eigenvalue weighted by molar-refractivity contribution is -0.142.